The summed E-state index contributed by atoms with van der Waals surface area (Å²) in [4.78, 5) is 23.4. The van der Waals surface area contributed by atoms with Crippen LogP contribution in [0.4, 0.5) is 9.59 Å². The van der Waals surface area contributed by atoms with Crippen LogP contribution in [0.3, 0.4) is 0 Å². The summed E-state index contributed by atoms with van der Waals surface area (Å²) in [5, 5.41) is 5.84. The second-order valence-electron chi connectivity index (χ2n) is 4.62. The van der Waals surface area contributed by atoms with Crippen LogP contribution in [0.25, 0.3) is 0 Å². The smallest absolute Gasteiger partial charge is 0.447 e. The topological polar surface area (TPSA) is 80.6 Å². The second-order valence-corrected chi connectivity index (χ2v) is 4.62. The third-order valence-corrected chi connectivity index (χ3v) is 2.44. The van der Waals surface area contributed by atoms with Gasteiger partial charge in [0.2, 0.25) is 0 Å². The maximum atomic E-state index is 10.5. The lowest BCUT2D eigenvalue weighted by atomic mass is 10.2. The van der Waals surface area contributed by atoms with E-state index in [1.807, 2.05) is 0 Å². The number of hydrogen-bond donors (Lipinski definition) is 0. The van der Waals surface area contributed by atoms with Gasteiger partial charge in [-0.3, -0.25) is 4.90 Å². The summed E-state index contributed by atoms with van der Waals surface area (Å²) in [6.07, 6.45) is -1.80. The Morgan fingerprint density at radius 2 is 1.19 bits per heavy atom. The van der Waals surface area contributed by atoms with Crippen molar-refractivity contribution in [3.8, 4) is 0 Å². The molecule has 0 aliphatic heterocycles. The largest absolute Gasteiger partial charge is 0.452 e. The van der Waals surface area contributed by atoms with Crippen LogP contribution in [-0.2, 0) is 9.47 Å². The quantitative estimate of drug-likeness (QED) is 0.720. The van der Waals surface area contributed by atoms with Crippen molar-refractivity contribution in [3.63, 3.8) is 0 Å². The van der Waals surface area contributed by atoms with Gasteiger partial charge in [0, 0.05) is 12.1 Å². The molecule has 0 aliphatic carbocycles. The molecule has 124 valence electrons. The molecule has 2 amide bonds. The maximum Gasteiger partial charge on any atom is 0.452 e. The van der Waals surface area contributed by atoms with E-state index in [0.29, 0.717) is 12.1 Å². The molecular formula is C14H29N3O4. The van der Waals surface area contributed by atoms with Crippen LogP contribution >= 0.6 is 0 Å². The van der Waals surface area contributed by atoms with Gasteiger partial charge in [-0.05, 0) is 48.1 Å². The highest BCUT2D eigenvalue weighted by Gasteiger charge is 2.09. The lowest BCUT2D eigenvalue weighted by Gasteiger charge is -2.28. The number of ether oxygens (including phenoxy) is 2. The van der Waals surface area contributed by atoms with Crippen LogP contribution in [0.1, 0.15) is 48.5 Å². The van der Waals surface area contributed by atoms with Crippen LogP contribution in [0, 0.1) is 0 Å². The summed E-state index contributed by atoms with van der Waals surface area (Å²) in [5.74, 6) is 0. The first-order chi connectivity index (χ1) is 9.79. The molecule has 0 atom stereocenters. The van der Waals surface area contributed by atoms with Crippen LogP contribution in [-0.4, -0.2) is 48.9 Å². The third kappa shape index (κ3) is 13.2. The van der Waals surface area contributed by atoms with Crippen molar-refractivity contribution in [1.82, 2.24) is 4.90 Å². The molecule has 7 nitrogen and oxygen atoms in total. The third-order valence-electron chi connectivity index (χ3n) is 2.44. The normalized spacial score (nSPS) is 10.8. The van der Waals surface area contributed by atoms with Crippen LogP contribution in [0.15, 0.2) is 10.2 Å². The molecular weight excluding hydrogens is 274 g/mol. The number of rotatable bonds is 5. The lowest BCUT2D eigenvalue weighted by molar-refractivity contribution is 0.152. The Morgan fingerprint density at radius 3 is 1.33 bits per heavy atom. The minimum atomic E-state index is -0.898. The Balaban J connectivity index is 0. The molecule has 0 saturated carbocycles. The van der Waals surface area contributed by atoms with Crippen LogP contribution < -0.4 is 0 Å². The van der Waals surface area contributed by atoms with Gasteiger partial charge < -0.3 is 9.47 Å². The van der Waals surface area contributed by atoms with Gasteiger partial charge in [-0.2, -0.15) is 0 Å². The highest BCUT2D eigenvalue weighted by atomic mass is 16.6. The SMILES string of the molecule is CCN(C(C)C)C(C)C.CCOC(=O)N=NC(=O)OCC. The Morgan fingerprint density at radius 1 is 0.857 bits per heavy atom. The Bertz CT molecular complexity index is 289. The van der Waals surface area contributed by atoms with E-state index in [4.69, 9.17) is 0 Å². The molecule has 0 heterocycles. The number of hydrogen-bond acceptors (Lipinski definition) is 5. The van der Waals surface area contributed by atoms with Crippen molar-refractivity contribution >= 4 is 12.2 Å². The van der Waals surface area contributed by atoms with Crippen molar-refractivity contribution in [1.29, 1.82) is 0 Å². The molecule has 0 aromatic carbocycles. The van der Waals surface area contributed by atoms with Gasteiger partial charge in [0.05, 0.1) is 13.2 Å². The Kier molecular flexibility index (Phi) is 14.0. The molecule has 7 heteroatoms. The zero-order valence-electron chi connectivity index (χ0n) is 14.3. The molecule has 0 bridgehead atoms. The fourth-order valence-corrected chi connectivity index (χ4v) is 1.71. The Labute approximate surface area is 127 Å². The fourth-order valence-electron chi connectivity index (χ4n) is 1.71. The number of amides is 2. The summed E-state index contributed by atoms with van der Waals surface area (Å²) in [6, 6.07) is 1.38. The van der Waals surface area contributed by atoms with E-state index in [1.54, 1.807) is 13.8 Å². The van der Waals surface area contributed by atoms with Crippen LogP contribution in [0.5, 0.6) is 0 Å². The highest BCUT2D eigenvalue weighted by molar-refractivity contribution is 5.73. The average Bonchev–Trinajstić information content (AvgIpc) is 2.37. The zero-order valence-corrected chi connectivity index (χ0v) is 14.3. The first-order valence-electron chi connectivity index (χ1n) is 7.30. The summed E-state index contributed by atoms with van der Waals surface area (Å²) in [5.41, 5.74) is 0. The van der Waals surface area contributed by atoms with Crippen molar-refractivity contribution in [2.24, 2.45) is 10.2 Å². The highest BCUT2D eigenvalue weighted by Crippen LogP contribution is 2.02. The number of azo groups is 1. The predicted molar refractivity (Wildman–Crippen MR) is 81.6 cm³/mol. The van der Waals surface area contributed by atoms with E-state index >= 15 is 0 Å². The van der Waals surface area contributed by atoms with Crippen molar-refractivity contribution < 1.29 is 19.1 Å². The molecule has 0 rings (SSSR count). The van der Waals surface area contributed by atoms with E-state index in [9.17, 15) is 9.59 Å². The van der Waals surface area contributed by atoms with E-state index < -0.39 is 12.2 Å². The fraction of sp³-hybridized carbons (Fsp3) is 0.857. The molecule has 0 aliphatic rings. The van der Waals surface area contributed by atoms with Gasteiger partial charge in [0.25, 0.3) is 0 Å². The summed E-state index contributed by atoms with van der Waals surface area (Å²) < 4.78 is 8.73. The average molecular weight is 303 g/mol. The number of carbonyl (C=O) groups is 2. The molecule has 0 unspecified atom stereocenters. The van der Waals surface area contributed by atoms with Gasteiger partial charge >= 0.3 is 12.2 Å². The van der Waals surface area contributed by atoms with Gasteiger partial charge in [-0.1, -0.05) is 17.2 Å². The minimum absolute atomic E-state index is 0.195. The second kappa shape index (κ2) is 13.5. The number of carbonyl (C=O) groups excluding carboxylic acids is 2. The first-order valence-corrected chi connectivity index (χ1v) is 7.30. The predicted octanol–water partition coefficient (Wildman–Crippen LogP) is 3.88. The van der Waals surface area contributed by atoms with E-state index in [1.165, 1.54) is 0 Å². The molecule has 0 aromatic rings. The lowest BCUT2D eigenvalue weighted by Crippen LogP contribution is -2.36. The Hall–Kier alpha value is -1.50. The minimum Gasteiger partial charge on any atom is -0.447 e. The van der Waals surface area contributed by atoms with E-state index in [0.717, 1.165) is 6.54 Å². The number of nitrogens with zero attached hydrogens (tertiary/aromatic N) is 3. The molecule has 0 radical (unpaired) electrons. The molecule has 21 heavy (non-hydrogen) atoms. The summed E-state index contributed by atoms with van der Waals surface area (Å²) >= 11 is 0. The molecule has 0 fully saturated rings. The molecule has 0 N–H and O–H groups in total. The maximum absolute atomic E-state index is 10.5. The molecule has 0 saturated heterocycles. The van der Waals surface area contributed by atoms with Crippen molar-refractivity contribution in [3.05, 3.63) is 0 Å². The van der Waals surface area contributed by atoms with E-state index in [-0.39, 0.29) is 13.2 Å². The van der Waals surface area contributed by atoms with Gasteiger partial charge in [0.1, 0.15) is 0 Å². The van der Waals surface area contributed by atoms with Crippen LogP contribution in [0.2, 0.25) is 0 Å². The van der Waals surface area contributed by atoms with Crippen molar-refractivity contribution in [2.75, 3.05) is 19.8 Å². The van der Waals surface area contributed by atoms with Gasteiger partial charge in [0.15, 0.2) is 0 Å². The zero-order chi connectivity index (χ0) is 16.8. The first kappa shape index (κ1) is 21.8. The van der Waals surface area contributed by atoms with E-state index in [2.05, 4.69) is 59.2 Å². The summed E-state index contributed by atoms with van der Waals surface area (Å²) in [6.45, 7) is 16.0. The van der Waals surface area contributed by atoms with Gasteiger partial charge in [-0.25, -0.2) is 9.59 Å². The van der Waals surface area contributed by atoms with Gasteiger partial charge in [-0.15, -0.1) is 0 Å². The summed E-state index contributed by atoms with van der Waals surface area (Å²) in [7, 11) is 0. The van der Waals surface area contributed by atoms with Crippen molar-refractivity contribution in [2.45, 2.75) is 60.5 Å². The molecule has 0 aromatic heterocycles. The monoisotopic (exact) mass is 303 g/mol. The standard InChI is InChI=1S/C8H19N.C6H10N2O4/c1-6-9(7(2)3)8(4)5;1-3-11-5(9)7-8-6(10)12-4-2/h7-8H,6H2,1-5H3;3-4H2,1-2H3. The molecule has 0 spiro atoms.